The number of rotatable bonds is 6. The largest absolute Gasteiger partial charge is 0.389 e. The second-order valence-electron chi connectivity index (χ2n) is 3.65. The molecule has 1 atom stereocenters. The van der Waals surface area contributed by atoms with Crippen molar-refractivity contribution in [1.82, 2.24) is 9.78 Å². The highest BCUT2D eigenvalue weighted by atomic mass is 16.6. The third-order valence-electron chi connectivity index (χ3n) is 2.24. The Hall–Kier alpha value is -1.67. The van der Waals surface area contributed by atoms with Gasteiger partial charge in [0.05, 0.1) is 17.6 Å². The molecule has 0 fully saturated rings. The molecule has 0 saturated carbocycles. The first-order chi connectivity index (χ1) is 7.97. The van der Waals surface area contributed by atoms with Crippen LogP contribution in [0.3, 0.4) is 0 Å². The van der Waals surface area contributed by atoms with Crippen molar-refractivity contribution in [1.29, 1.82) is 0 Å². The Morgan fingerprint density at radius 2 is 2.35 bits per heavy atom. The lowest BCUT2D eigenvalue weighted by atomic mass is 10.3. The summed E-state index contributed by atoms with van der Waals surface area (Å²) in [5.41, 5.74) is 0.262. The van der Waals surface area contributed by atoms with Gasteiger partial charge in [-0.3, -0.25) is 10.1 Å². The van der Waals surface area contributed by atoms with Gasteiger partial charge in [-0.15, -0.1) is 0 Å². The number of anilines is 1. The molecule has 1 aromatic rings. The molecule has 0 spiro atoms. The first-order valence-corrected chi connectivity index (χ1v) is 5.06. The van der Waals surface area contributed by atoms with E-state index in [0.29, 0.717) is 5.69 Å². The number of hydrogen-bond acceptors (Lipinski definition) is 6. The van der Waals surface area contributed by atoms with E-state index in [2.05, 4.69) is 10.4 Å². The maximum atomic E-state index is 10.9. The highest BCUT2D eigenvalue weighted by Crippen LogP contribution is 2.26. The fourth-order valence-electron chi connectivity index (χ4n) is 1.53. The van der Waals surface area contributed by atoms with Gasteiger partial charge in [0, 0.05) is 20.7 Å². The Balaban J connectivity index is 2.80. The van der Waals surface area contributed by atoms with Gasteiger partial charge >= 0.3 is 5.69 Å². The normalized spacial score (nSPS) is 12.5. The molecule has 0 aliphatic carbocycles. The van der Waals surface area contributed by atoms with Crippen molar-refractivity contribution >= 4 is 11.5 Å². The number of nitrogens with one attached hydrogen (secondary N) is 1. The van der Waals surface area contributed by atoms with Crippen LogP contribution in [0.25, 0.3) is 0 Å². The van der Waals surface area contributed by atoms with Crippen molar-refractivity contribution in [2.24, 2.45) is 7.05 Å². The van der Waals surface area contributed by atoms with Crippen LogP contribution in [0.2, 0.25) is 0 Å². The minimum atomic E-state index is -0.727. The monoisotopic (exact) mass is 244 g/mol. The molecule has 0 amide bonds. The third kappa shape index (κ3) is 3.14. The summed E-state index contributed by atoms with van der Waals surface area (Å²) < 4.78 is 6.14. The van der Waals surface area contributed by atoms with Gasteiger partial charge in [-0.2, -0.15) is 5.10 Å². The summed E-state index contributed by atoms with van der Waals surface area (Å²) in [7, 11) is 3.07. The minimum Gasteiger partial charge on any atom is -0.389 e. The molecule has 1 heterocycles. The van der Waals surface area contributed by atoms with Crippen molar-refractivity contribution < 1.29 is 14.8 Å². The SMILES string of the molecule is COCC(O)CNc1c([N+](=O)[O-])c(C)nn1C. The summed E-state index contributed by atoms with van der Waals surface area (Å²) >= 11 is 0. The van der Waals surface area contributed by atoms with Crippen LogP contribution in [0.1, 0.15) is 5.69 Å². The first-order valence-electron chi connectivity index (χ1n) is 5.06. The van der Waals surface area contributed by atoms with Crippen LogP contribution in [0.4, 0.5) is 11.5 Å². The Morgan fingerprint density at radius 1 is 1.71 bits per heavy atom. The molecule has 1 rings (SSSR count). The second-order valence-corrected chi connectivity index (χ2v) is 3.65. The Bertz CT molecular complexity index is 404. The van der Waals surface area contributed by atoms with Crippen molar-refractivity contribution in [3.63, 3.8) is 0 Å². The molecule has 0 radical (unpaired) electrons. The van der Waals surface area contributed by atoms with Crippen LogP contribution in [0, 0.1) is 17.0 Å². The lowest BCUT2D eigenvalue weighted by Gasteiger charge is -2.11. The van der Waals surface area contributed by atoms with Crippen LogP contribution in [0.15, 0.2) is 0 Å². The van der Waals surface area contributed by atoms with E-state index < -0.39 is 11.0 Å². The number of ether oxygens (including phenoxy) is 1. The van der Waals surface area contributed by atoms with E-state index in [1.54, 1.807) is 14.0 Å². The molecule has 2 N–H and O–H groups in total. The molecule has 1 aromatic heterocycles. The van der Waals surface area contributed by atoms with Gasteiger partial charge in [0.1, 0.15) is 5.69 Å². The first kappa shape index (κ1) is 13.4. The van der Waals surface area contributed by atoms with E-state index in [1.807, 2.05) is 0 Å². The smallest absolute Gasteiger partial charge is 0.333 e. The molecular formula is C9H16N4O4. The van der Waals surface area contributed by atoms with E-state index in [0.717, 1.165) is 0 Å². The van der Waals surface area contributed by atoms with Gasteiger partial charge in [-0.1, -0.05) is 0 Å². The molecule has 1 unspecified atom stereocenters. The zero-order valence-corrected chi connectivity index (χ0v) is 10.0. The highest BCUT2D eigenvalue weighted by Gasteiger charge is 2.24. The van der Waals surface area contributed by atoms with Crippen LogP contribution < -0.4 is 5.32 Å². The number of aliphatic hydroxyl groups excluding tert-OH is 1. The van der Waals surface area contributed by atoms with Gasteiger partial charge in [0.25, 0.3) is 0 Å². The zero-order chi connectivity index (χ0) is 13.0. The Labute approximate surface area is 98.3 Å². The predicted molar refractivity (Wildman–Crippen MR) is 61.0 cm³/mol. The van der Waals surface area contributed by atoms with Crippen LogP contribution in [0.5, 0.6) is 0 Å². The van der Waals surface area contributed by atoms with E-state index in [-0.39, 0.29) is 24.7 Å². The highest BCUT2D eigenvalue weighted by molar-refractivity contribution is 5.59. The van der Waals surface area contributed by atoms with Gasteiger partial charge in [0.15, 0.2) is 0 Å². The zero-order valence-electron chi connectivity index (χ0n) is 10.0. The Kier molecular flexibility index (Phi) is 4.41. The van der Waals surface area contributed by atoms with Crippen molar-refractivity contribution in [3.8, 4) is 0 Å². The molecule has 0 bridgehead atoms. The van der Waals surface area contributed by atoms with Gasteiger partial charge < -0.3 is 15.2 Å². The molecular weight excluding hydrogens is 228 g/mol. The topological polar surface area (TPSA) is 102 Å². The molecule has 0 aliphatic rings. The van der Waals surface area contributed by atoms with Gasteiger partial charge in [-0.25, -0.2) is 4.68 Å². The van der Waals surface area contributed by atoms with Crippen molar-refractivity contribution in [3.05, 3.63) is 15.8 Å². The average molecular weight is 244 g/mol. The molecule has 0 saturated heterocycles. The van der Waals surface area contributed by atoms with E-state index in [1.165, 1.54) is 11.8 Å². The number of aromatic nitrogens is 2. The quantitative estimate of drug-likeness (QED) is 0.541. The average Bonchev–Trinajstić information content (AvgIpc) is 2.50. The van der Waals surface area contributed by atoms with Crippen molar-refractivity contribution in [2.45, 2.75) is 13.0 Å². The number of hydrogen-bond donors (Lipinski definition) is 2. The third-order valence-corrected chi connectivity index (χ3v) is 2.24. The summed E-state index contributed by atoms with van der Waals surface area (Å²) in [5, 5.41) is 27.1. The summed E-state index contributed by atoms with van der Waals surface area (Å²) in [5.74, 6) is 0.280. The summed E-state index contributed by atoms with van der Waals surface area (Å²) in [6.07, 6.45) is -0.727. The standard InChI is InChI=1S/C9H16N4O4/c1-6-8(13(15)16)9(12(2)11-6)10-4-7(14)5-17-3/h7,10,14H,4-5H2,1-3H3. The Morgan fingerprint density at radius 3 is 2.88 bits per heavy atom. The lowest BCUT2D eigenvalue weighted by Crippen LogP contribution is -2.25. The van der Waals surface area contributed by atoms with Crippen LogP contribution in [-0.4, -0.2) is 46.2 Å². The molecule has 8 heteroatoms. The number of nitro groups is 1. The fraction of sp³-hybridized carbons (Fsp3) is 0.667. The second kappa shape index (κ2) is 5.60. The number of aliphatic hydroxyl groups is 1. The van der Waals surface area contributed by atoms with E-state index in [9.17, 15) is 15.2 Å². The van der Waals surface area contributed by atoms with Gasteiger partial charge in [-0.05, 0) is 6.92 Å². The maximum absolute atomic E-state index is 10.9. The minimum absolute atomic E-state index is 0.0721. The lowest BCUT2D eigenvalue weighted by molar-refractivity contribution is -0.384. The summed E-state index contributed by atoms with van der Waals surface area (Å²) in [6, 6.07) is 0. The van der Waals surface area contributed by atoms with Crippen LogP contribution >= 0.6 is 0 Å². The summed E-state index contributed by atoms with van der Waals surface area (Å²) in [4.78, 5) is 10.4. The van der Waals surface area contributed by atoms with Gasteiger partial charge in [0.2, 0.25) is 5.82 Å². The van der Waals surface area contributed by atoms with E-state index in [4.69, 9.17) is 4.74 Å². The molecule has 17 heavy (non-hydrogen) atoms. The molecule has 96 valence electrons. The molecule has 0 aliphatic heterocycles. The number of methoxy groups -OCH3 is 1. The predicted octanol–water partition coefficient (Wildman–Crippen LogP) is 0.0559. The van der Waals surface area contributed by atoms with Crippen molar-refractivity contribution in [2.75, 3.05) is 25.6 Å². The molecule has 8 nitrogen and oxygen atoms in total. The number of aryl methyl sites for hydroxylation is 2. The maximum Gasteiger partial charge on any atom is 0.333 e. The molecule has 0 aromatic carbocycles. The summed E-state index contributed by atoms with van der Waals surface area (Å²) in [6.45, 7) is 1.89. The van der Waals surface area contributed by atoms with E-state index >= 15 is 0 Å². The van der Waals surface area contributed by atoms with Crippen LogP contribution in [-0.2, 0) is 11.8 Å². The number of nitrogens with zero attached hydrogens (tertiary/aromatic N) is 3. The fourth-order valence-corrected chi connectivity index (χ4v) is 1.53.